The molecular formula is C13H13N3O3S. The zero-order valence-electron chi connectivity index (χ0n) is 10.5. The number of benzene rings is 1. The summed E-state index contributed by atoms with van der Waals surface area (Å²) in [6.07, 6.45) is 0.899. The van der Waals surface area contributed by atoms with Crippen LogP contribution in [-0.4, -0.2) is 32.6 Å². The number of aromatic nitrogens is 2. The lowest BCUT2D eigenvalue weighted by molar-refractivity contribution is -0.139. The highest BCUT2D eigenvalue weighted by molar-refractivity contribution is 7.03. The average Bonchev–Trinajstić information content (AvgIpc) is 2.98. The number of rotatable bonds is 6. The highest BCUT2D eigenvalue weighted by Crippen LogP contribution is 2.06. The molecule has 2 rings (SSSR count). The Kier molecular flexibility index (Phi) is 4.78. The Balaban J connectivity index is 1.94. The Morgan fingerprint density at radius 2 is 2.05 bits per heavy atom. The predicted molar refractivity (Wildman–Crippen MR) is 73.6 cm³/mol. The van der Waals surface area contributed by atoms with E-state index in [1.807, 2.05) is 30.3 Å². The van der Waals surface area contributed by atoms with Crippen molar-refractivity contribution in [2.45, 2.75) is 18.9 Å². The fourth-order valence-electron chi connectivity index (χ4n) is 1.71. The molecule has 6 nitrogen and oxygen atoms in total. The Morgan fingerprint density at radius 3 is 2.65 bits per heavy atom. The van der Waals surface area contributed by atoms with Gasteiger partial charge in [0.2, 0.25) is 0 Å². The molecule has 1 heterocycles. The Morgan fingerprint density at radius 1 is 1.30 bits per heavy atom. The van der Waals surface area contributed by atoms with Crippen molar-refractivity contribution in [3.63, 3.8) is 0 Å². The second-order valence-electron chi connectivity index (χ2n) is 4.18. The molecule has 0 saturated heterocycles. The topological polar surface area (TPSA) is 92.2 Å². The van der Waals surface area contributed by atoms with Gasteiger partial charge in [0.25, 0.3) is 5.91 Å². The van der Waals surface area contributed by atoms with Crippen LogP contribution in [0, 0.1) is 0 Å². The molecule has 20 heavy (non-hydrogen) atoms. The SMILES string of the molecule is O=C(NC(CCc1ccccc1)C(=O)O)c1csnn1. The van der Waals surface area contributed by atoms with Crippen LogP contribution < -0.4 is 5.32 Å². The van der Waals surface area contributed by atoms with Crippen LogP contribution in [0.15, 0.2) is 35.7 Å². The fraction of sp³-hybridized carbons (Fsp3) is 0.231. The van der Waals surface area contributed by atoms with E-state index in [4.69, 9.17) is 5.11 Å². The van der Waals surface area contributed by atoms with E-state index in [1.54, 1.807) is 0 Å². The third-order valence-electron chi connectivity index (χ3n) is 2.76. The molecule has 1 unspecified atom stereocenters. The summed E-state index contributed by atoms with van der Waals surface area (Å²) in [7, 11) is 0. The zero-order chi connectivity index (χ0) is 14.4. The van der Waals surface area contributed by atoms with Crippen molar-refractivity contribution in [3.05, 3.63) is 47.0 Å². The lowest BCUT2D eigenvalue weighted by Gasteiger charge is -2.13. The van der Waals surface area contributed by atoms with Gasteiger partial charge in [0, 0.05) is 5.38 Å². The maximum absolute atomic E-state index is 11.8. The summed E-state index contributed by atoms with van der Waals surface area (Å²) in [6.45, 7) is 0. The summed E-state index contributed by atoms with van der Waals surface area (Å²) in [6, 6.07) is 8.59. The van der Waals surface area contributed by atoms with E-state index in [1.165, 1.54) is 5.38 Å². The minimum atomic E-state index is -1.06. The van der Waals surface area contributed by atoms with Crippen LogP contribution in [0.25, 0.3) is 0 Å². The summed E-state index contributed by atoms with van der Waals surface area (Å²) >= 11 is 1.04. The molecule has 2 N–H and O–H groups in total. The number of amides is 1. The van der Waals surface area contributed by atoms with Crippen LogP contribution in [0.1, 0.15) is 22.5 Å². The second-order valence-corrected chi connectivity index (χ2v) is 4.79. The second kappa shape index (κ2) is 6.76. The van der Waals surface area contributed by atoms with Crippen molar-refractivity contribution in [1.82, 2.24) is 14.9 Å². The molecule has 1 aromatic carbocycles. The molecule has 0 aliphatic heterocycles. The zero-order valence-corrected chi connectivity index (χ0v) is 11.3. The minimum absolute atomic E-state index is 0.140. The Bertz CT molecular complexity index is 572. The minimum Gasteiger partial charge on any atom is -0.480 e. The predicted octanol–water partition coefficient (Wildman–Crippen LogP) is 1.35. The van der Waals surface area contributed by atoms with Gasteiger partial charge in [-0.05, 0) is 29.9 Å². The number of aryl methyl sites for hydroxylation is 1. The molecule has 1 amide bonds. The fourth-order valence-corrected chi connectivity index (χ4v) is 2.15. The van der Waals surface area contributed by atoms with Crippen LogP contribution in [0.3, 0.4) is 0 Å². The Labute approximate surface area is 119 Å². The number of carbonyl (C=O) groups is 2. The number of hydrogen-bond donors (Lipinski definition) is 2. The van der Waals surface area contributed by atoms with Crippen molar-refractivity contribution in [1.29, 1.82) is 0 Å². The maximum Gasteiger partial charge on any atom is 0.326 e. The van der Waals surface area contributed by atoms with E-state index in [9.17, 15) is 9.59 Å². The lowest BCUT2D eigenvalue weighted by atomic mass is 10.1. The molecule has 1 aromatic heterocycles. The quantitative estimate of drug-likeness (QED) is 0.838. The van der Waals surface area contributed by atoms with E-state index in [2.05, 4.69) is 14.9 Å². The number of hydrogen-bond acceptors (Lipinski definition) is 5. The number of aliphatic carboxylic acids is 1. The number of carboxylic acids is 1. The molecule has 0 bridgehead atoms. The Hall–Kier alpha value is -2.28. The first-order valence-corrected chi connectivity index (χ1v) is 6.85. The molecule has 0 radical (unpaired) electrons. The van der Waals surface area contributed by atoms with Gasteiger partial charge in [-0.2, -0.15) is 0 Å². The lowest BCUT2D eigenvalue weighted by Crippen LogP contribution is -2.41. The van der Waals surface area contributed by atoms with E-state index < -0.39 is 17.9 Å². The first kappa shape index (κ1) is 14.1. The van der Waals surface area contributed by atoms with Gasteiger partial charge in [-0.25, -0.2) is 4.79 Å². The van der Waals surface area contributed by atoms with Crippen LogP contribution in [0.2, 0.25) is 0 Å². The van der Waals surface area contributed by atoms with E-state index in [-0.39, 0.29) is 5.69 Å². The number of nitrogens with zero attached hydrogens (tertiary/aromatic N) is 2. The van der Waals surface area contributed by atoms with E-state index in [0.717, 1.165) is 17.1 Å². The molecule has 0 spiro atoms. The summed E-state index contributed by atoms with van der Waals surface area (Å²) in [4.78, 5) is 22.9. The van der Waals surface area contributed by atoms with E-state index >= 15 is 0 Å². The first-order valence-electron chi connectivity index (χ1n) is 6.01. The van der Waals surface area contributed by atoms with Gasteiger partial charge in [-0.15, -0.1) is 5.10 Å². The maximum atomic E-state index is 11.8. The molecule has 7 heteroatoms. The third kappa shape index (κ3) is 3.86. The summed E-state index contributed by atoms with van der Waals surface area (Å²) < 4.78 is 3.57. The third-order valence-corrected chi connectivity index (χ3v) is 3.27. The largest absolute Gasteiger partial charge is 0.480 e. The van der Waals surface area contributed by atoms with Crippen molar-refractivity contribution in [2.24, 2.45) is 0 Å². The number of carbonyl (C=O) groups excluding carboxylic acids is 1. The normalized spacial score (nSPS) is 11.8. The average molecular weight is 291 g/mol. The molecule has 0 fully saturated rings. The number of carboxylic acid groups (broad SMARTS) is 1. The molecule has 1 atom stereocenters. The van der Waals surface area contributed by atoms with Gasteiger partial charge >= 0.3 is 5.97 Å². The van der Waals surface area contributed by atoms with Crippen LogP contribution >= 0.6 is 11.5 Å². The van der Waals surface area contributed by atoms with Crippen LogP contribution in [0.5, 0.6) is 0 Å². The van der Waals surface area contributed by atoms with Crippen LogP contribution in [-0.2, 0) is 11.2 Å². The standard InChI is InChI=1S/C13H13N3O3S/c17-12(11-8-20-16-15-11)14-10(13(18)19)7-6-9-4-2-1-3-5-9/h1-5,8,10H,6-7H2,(H,14,17)(H,18,19). The van der Waals surface area contributed by atoms with Gasteiger partial charge in [0.15, 0.2) is 5.69 Å². The van der Waals surface area contributed by atoms with Crippen LogP contribution in [0.4, 0.5) is 0 Å². The molecule has 0 aliphatic rings. The molecule has 0 aliphatic carbocycles. The van der Waals surface area contributed by atoms with Crippen molar-refractivity contribution in [3.8, 4) is 0 Å². The van der Waals surface area contributed by atoms with Gasteiger partial charge in [-0.1, -0.05) is 34.8 Å². The summed E-state index contributed by atoms with van der Waals surface area (Å²) in [5, 5.41) is 16.7. The highest BCUT2D eigenvalue weighted by Gasteiger charge is 2.21. The molecular weight excluding hydrogens is 278 g/mol. The molecule has 104 valence electrons. The smallest absolute Gasteiger partial charge is 0.326 e. The monoisotopic (exact) mass is 291 g/mol. The molecule has 2 aromatic rings. The first-order chi connectivity index (χ1) is 9.66. The van der Waals surface area contributed by atoms with Gasteiger partial charge in [0.1, 0.15) is 6.04 Å². The van der Waals surface area contributed by atoms with Gasteiger partial charge in [-0.3, -0.25) is 4.79 Å². The number of nitrogens with one attached hydrogen (secondary N) is 1. The van der Waals surface area contributed by atoms with Gasteiger partial charge < -0.3 is 10.4 Å². The summed E-state index contributed by atoms with van der Waals surface area (Å²) in [5.41, 5.74) is 1.17. The van der Waals surface area contributed by atoms with Crippen molar-refractivity contribution < 1.29 is 14.7 Å². The summed E-state index contributed by atoms with van der Waals surface area (Å²) in [5.74, 6) is -1.57. The van der Waals surface area contributed by atoms with Crippen molar-refractivity contribution >= 4 is 23.4 Å². The highest BCUT2D eigenvalue weighted by atomic mass is 32.1. The van der Waals surface area contributed by atoms with Gasteiger partial charge in [0.05, 0.1) is 0 Å². The van der Waals surface area contributed by atoms with Crippen molar-refractivity contribution in [2.75, 3.05) is 0 Å². The van der Waals surface area contributed by atoms with E-state index in [0.29, 0.717) is 12.8 Å². The molecule has 0 saturated carbocycles.